The van der Waals surface area contributed by atoms with Crippen LogP contribution in [0, 0.1) is 0 Å². The number of nitrogens with one attached hydrogen (secondary N) is 1. The second-order valence-corrected chi connectivity index (χ2v) is 3.49. The summed E-state index contributed by atoms with van der Waals surface area (Å²) in [5, 5.41) is 1.03. The van der Waals surface area contributed by atoms with Gasteiger partial charge in [0.15, 0.2) is 0 Å². The van der Waals surface area contributed by atoms with Gasteiger partial charge in [0.05, 0.1) is 0 Å². The van der Waals surface area contributed by atoms with Crippen LogP contribution >= 0.6 is 0 Å². The lowest BCUT2D eigenvalue weighted by atomic mass is 10.2. The minimum Gasteiger partial charge on any atom is -0.410 e. The molecule has 78 valence electrons. The molecule has 0 spiro atoms. The van der Waals surface area contributed by atoms with E-state index in [0.29, 0.717) is 5.75 Å². The molecule has 0 saturated carbocycles. The number of hydrogen-bond donors (Lipinski definition) is 1. The molecule has 0 bridgehead atoms. The number of ether oxygens (including phenoxy) is 1. The Balaban J connectivity index is 2.25. The van der Waals surface area contributed by atoms with Gasteiger partial charge in [-0.3, -0.25) is 0 Å². The third kappa shape index (κ3) is 1.93. The summed E-state index contributed by atoms with van der Waals surface area (Å²) in [4.78, 5) is 15.7. The molecule has 0 aliphatic carbocycles. The number of amides is 1. The second-order valence-electron chi connectivity index (χ2n) is 3.49. The highest BCUT2D eigenvalue weighted by Gasteiger charge is 2.06. The van der Waals surface area contributed by atoms with Crippen molar-refractivity contribution in [2.75, 3.05) is 14.1 Å². The van der Waals surface area contributed by atoms with Crippen LogP contribution in [0.1, 0.15) is 0 Å². The van der Waals surface area contributed by atoms with E-state index in [1.54, 1.807) is 20.2 Å². The Morgan fingerprint density at radius 2 is 2.13 bits per heavy atom. The van der Waals surface area contributed by atoms with Gasteiger partial charge < -0.3 is 14.6 Å². The van der Waals surface area contributed by atoms with Crippen LogP contribution in [0.25, 0.3) is 10.9 Å². The molecule has 15 heavy (non-hydrogen) atoms. The summed E-state index contributed by atoms with van der Waals surface area (Å²) in [6.45, 7) is 0. The van der Waals surface area contributed by atoms with Gasteiger partial charge in [-0.1, -0.05) is 0 Å². The van der Waals surface area contributed by atoms with Gasteiger partial charge in [-0.25, -0.2) is 4.79 Å². The molecule has 0 unspecified atom stereocenters. The Morgan fingerprint density at radius 3 is 2.87 bits per heavy atom. The number of benzene rings is 1. The number of nitrogens with zero attached hydrogens (tertiary/aromatic N) is 1. The molecule has 0 fully saturated rings. The fourth-order valence-electron chi connectivity index (χ4n) is 1.29. The van der Waals surface area contributed by atoms with E-state index in [2.05, 4.69) is 4.98 Å². The Labute approximate surface area is 87.5 Å². The van der Waals surface area contributed by atoms with Gasteiger partial charge in [0, 0.05) is 31.2 Å². The van der Waals surface area contributed by atoms with Crippen LogP contribution < -0.4 is 4.74 Å². The highest BCUT2D eigenvalue weighted by molar-refractivity contribution is 5.81. The summed E-state index contributed by atoms with van der Waals surface area (Å²) in [6.07, 6.45) is 1.48. The number of rotatable bonds is 1. The largest absolute Gasteiger partial charge is 0.414 e. The third-order valence-electron chi connectivity index (χ3n) is 2.10. The second kappa shape index (κ2) is 3.65. The van der Waals surface area contributed by atoms with Crippen LogP contribution in [0.2, 0.25) is 0 Å². The number of carbonyl (C=O) groups excluding carboxylic acids is 1. The lowest BCUT2D eigenvalue weighted by Gasteiger charge is -2.10. The van der Waals surface area contributed by atoms with Crippen molar-refractivity contribution in [2.24, 2.45) is 0 Å². The summed E-state index contributed by atoms with van der Waals surface area (Å²) in [7, 11) is 3.30. The van der Waals surface area contributed by atoms with Crippen molar-refractivity contribution in [2.45, 2.75) is 0 Å². The van der Waals surface area contributed by atoms with Crippen molar-refractivity contribution in [3.63, 3.8) is 0 Å². The van der Waals surface area contributed by atoms with Crippen molar-refractivity contribution >= 4 is 17.0 Å². The molecule has 2 rings (SSSR count). The van der Waals surface area contributed by atoms with Crippen LogP contribution in [0.15, 0.2) is 30.5 Å². The van der Waals surface area contributed by atoms with Gasteiger partial charge in [0.25, 0.3) is 0 Å². The Bertz CT molecular complexity index is 488. The van der Waals surface area contributed by atoms with E-state index >= 15 is 0 Å². The van der Waals surface area contributed by atoms with E-state index < -0.39 is 0 Å². The predicted molar refractivity (Wildman–Crippen MR) is 58.0 cm³/mol. The lowest BCUT2D eigenvalue weighted by molar-refractivity contribution is 0.172. The number of H-pyrrole nitrogens is 1. The van der Waals surface area contributed by atoms with E-state index in [-0.39, 0.29) is 6.09 Å². The zero-order chi connectivity index (χ0) is 10.8. The van der Waals surface area contributed by atoms with Gasteiger partial charge in [0.2, 0.25) is 0 Å². The summed E-state index contributed by atoms with van der Waals surface area (Å²) in [5.74, 6) is 0.556. The molecule has 0 aliphatic heterocycles. The normalized spacial score (nSPS) is 10.3. The number of aromatic nitrogens is 1. The average molecular weight is 204 g/mol. The van der Waals surface area contributed by atoms with Crippen LogP contribution in [0.3, 0.4) is 0 Å². The summed E-state index contributed by atoms with van der Waals surface area (Å²) in [5.41, 5.74) is 1.03. The summed E-state index contributed by atoms with van der Waals surface area (Å²) >= 11 is 0. The molecule has 0 atom stereocenters. The van der Waals surface area contributed by atoms with Gasteiger partial charge in [-0.05, 0) is 24.3 Å². The van der Waals surface area contributed by atoms with Crippen LogP contribution in [0.4, 0.5) is 4.79 Å². The smallest absolute Gasteiger partial charge is 0.410 e. The van der Waals surface area contributed by atoms with E-state index in [0.717, 1.165) is 10.9 Å². The Morgan fingerprint density at radius 1 is 1.33 bits per heavy atom. The molecule has 1 aromatic heterocycles. The maximum absolute atomic E-state index is 11.3. The van der Waals surface area contributed by atoms with E-state index in [9.17, 15) is 4.79 Å². The first-order valence-electron chi connectivity index (χ1n) is 4.63. The highest BCUT2D eigenvalue weighted by Crippen LogP contribution is 2.19. The minimum absolute atomic E-state index is 0.370. The predicted octanol–water partition coefficient (Wildman–Crippen LogP) is 2.23. The van der Waals surface area contributed by atoms with Crippen molar-refractivity contribution in [1.29, 1.82) is 0 Å². The van der Waals surface area contributed by atoms with Gasteiger partial charge in [-0.2, -0.15) is 0 Å². The summed E-state index contributed by atoms with van der Waals surface area (Å²) < 4.78 is 5.13. The van der Waals surface area contributed by atoms with E-state index in [1.807, 2.05) is 24.4 Å². The molecule has 1 amide bonds. The zero-order valence-electron chi connectivity index (χ0n) is 8.65. The van der Waals surface area contributed by atoms with Gasteiger partial charge in [0.1, 0.15) is 5.75 Å². The SMILES string of the molecule is CN(C)C(=O)Oc1ccc2[nH]ccc2c1. The van der Waals surface area contributed by atoms with Crippen molar-refractivity contribution in [1.82, 2.24) is 9.88 Å². The van der Waals surface area contributed by atoms with E-state index in [4.69, 9.17) is 4.74 Å². The van der Waals surface area contributed by atoms with E-state index in [1.165, 1.54) is 4.90 Å². The topological polar surface area (TPSA) is 45.3 Å². The molecule has 1 aromatic carbocycles. The van der Waals surface area contributed by atoms with Gasteiger partial charge >= 0.3 is 6.09 Å². The molecular formula is C11H12N2O2. The molecule has 0 saturated heterocycles. The van der Waals surface area contributed by atoms with Crippen molar-refractivity contribution < 1.29 is 9.53 Å². The monoisotopic (exact) mass is 204 g/mol. The first-order chi connectivity index (χ1) is 7.16. The number of carbonyl (C=O) groups is 1. The first kappa shape index (κ1) is 9.58. The fraction of sp³-hybridized carbons (Fsp3) is 0.182. The zero-order valence-corrected chi connectivity index (χ0v) is 8.65. The Kier molecular flexibility index (Phi) is 2.33. The Hall–Kier alpha value is -1.97. The molecule has 2 aromatic rings. The van der Waals surface area contributed by atoms with Crippen LogP contribution in [-0.4, -0.2) is 30.1 Å². The number of aromatic amines is 1. The molecule has 0 radical (unpaired) electrons. The maximum Gasteiger partial charge on any atom is 0.414 e. The molecule has 1 N–H and O–H groups in total. The number of hydrogen-bond acceptors (Lipinski definition) is 2. The molecule has 0 aliphatic rings. The highest BCUT2D eigenvalue weighted by atomic mass is 16.6. The summed E-state index contributed by atoms with van der Waals surface area (Å²) in [6, 6.07) is 7.41. The molecule has 4 heteroatoms. The average Bonchev–Trinajstić information content (AvgIpc) is 2.64. The van der Waals surface area contributed by atoms with Crippen LogP contribution in [0.5, 0.6) is 5.75 Å². The maximum atomic E-state index is 11.3. The molecule has 1 heterocycles. The van der Waals surface area contributed by atoms with Gasteiger partial charge in [-0.15, -0.1) is 0 Å². The first-order valence-corrected chi connectivity index (χ1v) is 4.63. The molecular weight excluding hydrogens is 192 g/mol. The standard InChI is InChI=1S/C11H12N2O2/c1-13(2)11(14)15-9-3-4-10-8(7-9)5-6-12-10/h3-7,12H,1-2H3. The molecule has 4 nitrogen and oxygen atoms in total. The minimum atomic E-state index is -0.370. The fourth-order valence-corrected chi connectivity index (χ4v) is 1.29. The lowest BCUT2D eigenvalue weighted by Crippen LogP contribution is -2.25. The van der Waals surface area contributed by atoms with Crippen molar-refractivity contribution in [3.05, 3.63) is 30.5 Å². The van der Waals surface area contributed by atoms with Crippen LogP contribution in [-0.2, 0) is 0 Å². The third-order valence-corrected chi connectivity index (χ3v) is 2.10. The number of fused-ring (bicyclic) bond motifs is 1. The quantitative estimate of drug-likeness (QED) is 0.774. The van der Waals surface area contributed by atoms with Crippen molar-refractivity contribution in [3.8, 4) is 5.75 Å².